The van der Waals surface area contributed by atoms with E-state index in [4.69, 9.17) is 0 Å². The van der Waals surface area contributed by atoms with Crippen LogP contribution in [-0.4, -0.2) is 46.3 Å². The van der Waals surface area contributed by atoms with Crippen molar-refractivity contribution in [1.29, 1.82) is 0 Å². The van der Waals surface area contributed by atoms with Gasteiger partial charge < -0.3 is 15.1 Å². The van der Waals surface area contributed by atoms with Crippen LogP contribution in [0, 0.1) is 10.5 Å². The van der Waals surface area contributed by atoms with Crippen LogP contribution >= 0.6 is 22.6 Å². The van der Waals surface area contributed by atoms with Crippen molar-refractivity contribution in [3.05, 3.63) is 32.9 Å². The fourth-order valence-corrected chi connectivity index (χ4v) is 2.51. The molecule has 0 bridgehead atoms. The molecule has 2 unspecified atom stereocenters. The van der Waals surface area contributed by atoms with E-state index in [9.17, 15) is 15.0 Å². The molecule has 0 aromatic heterocycles. The first-order valence-electron chi connectivity index (χ1n) is 5.41. The number of amides is 1. The highest BCUT2D eigenvalue weighted by Crippen LogP contribution is 2.20. The summed E-state index contributed by atoms with van der Waals surface area (Å²) in [5, 5.41) is 18.9. The second-order valence-electron chi connectivity index (χ2n) is 4.28. The lowest BCUT2D eigenvalue weighted by atomic mass is 10.1. The minimum atomic E-state index is -0.832. The molecule has 0 aliphatic carbocycles. The zero-order valence-electron chi connectivity index (χ0n) is 9.43. The van der Waals surface area contributed by atoms with Crippen molar-refractivity contribution in [2.24, 2.45) is 0 Å². The van der Waals surface area contributed by atoms with E-state index in [2.05, 4.69) is 22.6 Å². The third-order valence-corrected chi connectivity index (χ3v) is 4.40. The Labute approximate surface area is 113 Å². The molecule has 0 radical (unpaired) electrons. The summed E-state index contributed by atoms with van der Waals surface area (Å²) in [5.41, 5.74) is 1.68. The maximum Gasteiger partial charge on any atom is 0.255 e. The fourth-order valence-electron chi connectivity index (χ4n) is 1.92. The van der Waals surface area contributed by atoms with Gasteiger partial charge in [0, 0.05) is 16.7 Å². The number of carbonyl (C=O) groups excluding carboxylic acids is 1. The lowest BCUT2D eigenvalue weighted by molar-refractivity contribution is 0.0572. The van der Waals surface area contributed by atoms with Crippen LogP contribution in [0.15, 0.2) is 18.2 Å². The van der Waals surface area contributed by atoms with Crippen LogP contribution in [0.4, 0.5) is 0 Å². The quantitative estimate of drug-likeness (QED) is 0.738. The molecule has 1 aliphatic heterocycles. The second kappa shape index (κ2) is 4.91. The molecule has 1 fully saturated rings. The van der Waals surface area contributed by atoms with Crippen LogP contribution in [-0.2, 0) is 0 Å². The first-order chi connectivity index (χ1) is 8.00. The molecule has 1 amide bonds. The highest BCUT2D eigenvalue weighted by molar-refractivity contribution is 14.1. The Morgan fingerprint density at radius 2 is 1.94 bits per heavy atom. The van der Waals surface area contributed by atoms with Crippen LogP contribution in [0.25, 0.3) is 0 Å². The van der Waals surface area contributed by atoms with Gasteiger partial charge in [-0.05, 0) is 41.1 Å². The molecule has 5 heteroatoms. The van der Waals surface area contributed by atoms with E-state index in [-0.39, 0.29) is 19.0 Å². The number of aliphatic hydroxyl groups is 2. The van der Waals surface area contributed by atoms with Gasteiger partial charge in [-0.1, -0.05) is 12.1 Å². The van der Waals surface area contributed by atoms with Crippen LogP contribution in [0.1, 0.15) is 15.9 Å². The van der Waals surface area contributed by atoms with E-state index >= 15 is 0 Å². The third-order valence-electron chi connectivity index (χ3n) is 2.97. The average molecular weight is 347 g/mol. The summed E-state index contributed by atoms with van der Waals surface area (Å²) in [6.45, 7) is 2.35. The van der Waals surface area contributed by atoms with E-state index < -0.39 is 12.2 Å². The molecular formula is C12H14INO3. The van der Waals surface area contributed by atoms with Gasteiger partial charge in [-0.15, -0.1) is 0 Å². The van der Waals surface area contributed by atoms with E-state index in [1.807, 2.05) is 19.1 Å². The Balaban J connectivity index is 2.24. The summed E-state index contributed by atoms with van der Waals surface area (Å²) in [5.74, 6) is -0.131. The summed E-state index contributed by atoms with van der Waals surface area (Å²) in [4.78, 5) is 13.7. The number of likely N-dealkylation sites (tertiary alicyclic amines) is 1. The average Bonchev–Trinajstić information content (AvgIpc) is 2.62. The van der Waals surface area contributed by atoms with Crippen LogP contribution in [0.5, 0.6) is 0 Å². The lowest BCUT2D eigenvalue weighted by Gasteiger charge is -2.16. The summed E-state index contributed by atoms with van der Waals surface area (Å²) < 4.78 is 0.922. The molecule has 1 saturated heterocycles. The van der Waals surface area contributed by atoms with Crippen molar-refractivity contribution >= 4 is 28.5 Å². The van der Waals surface area contributed by atoms with Crippen molar-refractivity contribution in [2.75, 3.05) is 13.1 Å². The number of benzene rings is 1. The van der Waals surface area contributed by atoms with Crippen LogP contribution < -0.4 is 0 Å². The first kappa shape index (κ1) is 12.8. The zero-order chi connectivity index (χ0) is 12.6. The van der Waals surface area contributed by atoms with Crippen LogP contribution in [0.3, 0.4) is 0 Å². The monoisotopic (exact) mass is 347 g/mol. The minimum Gasteiger partial charge on any atom is -0.388 e. The Morgan fingerprint density at radius 1 is 1.35 bits per heavy atom. The van der Waals surface area contributed by atoms with Gasteiger partial charge in [0.15, 0.2) is 0 Å². The van der Waals surface area contributed by atoms with Gasteiger partial charge in [-0.3, -0.25) is 4.79 Å². The molecule has 1 heterocycles. The molecule has 92 valence electrons. The topological polar surface area (TPSA) is 60.8 Å². The number of nitrogens with zero attached hydrogens (tertiary/aromatic N) is 1. The molecule has 0 saturated carbocycles. The first-order valence-corrected chi connectivity index (χ1v) is 6.49. The Bertz CT molecular complexity index is 439. The molecule has 2 rings (SSSR count). The van der Waals surface area contributed by atoms with Crippen LogP contribution in [0.2, 0.25) is 0 Å². The zero-order valence-corrected chi connectivity index (χ0v) is 11.6. The fraction of sp³-hybridized carbons (Fsp3) is 0.417. The maximum atomic E-state index is 12.2. The number of hydrogen-bond donors (Lipinski definition) is 2. The predicted molar refractivity (Wildman–Crippen MR) is 71.8 cm³/mol. The molecule has 2 atom stereocenters. The van der Waals surface area contributed by atoms with Crippen molar-refractivity contribution < 1.29 is 15.0 Å². The van der Waals surface area contributed by atoms with Crippen molar-refractivity contribution in [3.8, 4) is 0 Å². The summed E-state index contributed by atoms with van der Waals surface area (Å²) in [6, 6.07) is 5.56. The minimum absolute atomic E-state index is 0.131. The smallest absolute Gasteiger partial charge is 0.255 e. The number of hydrogen-bond acceptors (Lipinski definition) is 3. The standard InChI is InChI=1S/C12H14INO3/c1-7-3-2-4-8(11(7)13)12(17)14-5-9(15)10(16)6-14/h2-4,9-10,15-16H,5-6H2,1H3. The van der Waals surface area contributed by atoms with Crippen molar-refractivity contribution in [1.82, 2.24) is 4.90 Å². The normalized spacial score (nSPS) is 24.1. The van der Waals surface area contributed by atoms with E-state index in [0.717, 1.165) is 9.13 Å². The van der Waals surface area contributed by atoms with Gasteiger partial charge in [-0.2, -0.15) is 0 Å². The largest absolute Gasteiger partial charge is 0.388 e. The summed E-state index contributed by atoms with van der Waals surface area (Å²) in [6.07, 6.45) is -1.66. The van der Waals surface area contributed by atoms with Gasteiger partial charge in [0.2, 0.25) is 0 Å². The summed E-state index contributed by atoms with van der Waals surface area (Å²) >= 11 is 2.14. The third kappa shape index (κ3) is 2.46. The molecular weight excluding hydrogens is 333 g/mol. The Hall–Kier alpha value is -0.660. The maximum absolute atomic E-state index is 12.2. The number of β-amino-alcohol motifs (C(OH)–C–C–N with tert-alkyl or cyclic N) is 2. The van der Waals surface area contributed by atoms with Gasteiger partial charge in [-0.25, -0.2) is 0 Å². The molecule has 2 N–H and O–H groups in total. The SMILES string of the molecule is Cc1cccc(C(=O)N2CC(O)C(O)C2)c1I. The van der Waals surface area contributed by atoms with Gasteiger partial charge >= 0.3 is 0 Å². The lowest BCUT2D eigenvalue weighted by Crippen LogP contribution is -2.30. The number of rotatable bonds is 1. The van der Waals surface area contributed by atoms with Gasteiger partial charge in [0.1, 0.15) is 0 Å². The van der Waals surface area contributed by atoms with E-state index in [1.165, 1.54) is 4.90 Å². The van der Waals surface area contributed by atoms with Gasteiger partial charge in [0.25, 0.3) is 5.91 Å². The molecule has 0 spiro atoms. The number of halogens is 1. The van der Waals surface area contributed by atoms with E-state index in [0.29, 0.717) is 5.56 Å². The van der Waals surface area contributed by atoms with Crippen molar-refractivity contribution in [3.63, 3.8) is 0 Å². The molecule has 17 heavy (non-hydrogen) atoms. The number of aryl methyl sites for hydroxylation is 1. The Kier molecular flexibility index (Phi) is 3.70. The number of carbonyl (C=O) groups is 1. The van der Waals surface area contributed by atoms with E-state index in [1.54, 1.807) is 6.07 Å². The molecule has 1 aromatic carbocycles. The van der Waals surface area contributed by atoms with Gasteiger partial charge in [0.05, 0.1) is 17.8 Å². The molecule has 4 nitrogen and oxygen atoms in total. The summed E-state index contributed by atoms with van der Waals surface area (Å²) in [7, 11) is 0. The highest BCUT2D eigenvalue weighted by atomic mass is 127. The molecule has 1 aliphatic rings. The van der Waals surface area contributed by atoms with Crippen molar-refractivity contribution in [2.45, 2.75) is 19.1 Å². The predicted octanol–water partition coefficient (Wildman–Crippen LogP) is 0.777. The second-order valence-corrected chi connectivity index (χ2v) is 5.36. The number of aliphatic hydroxyl groups excluding tert-OH is 2. The Morgan fingerprint density at radius 3 is 2.53 bits per heavy atom. The molecule has 1 aromatic rings. The highest BCUT2D eigenvalue weighted by Gasteiger charge is 2.33.